The van der Waals surface area contributed by atoms with Crippen LogP contribution in [0, 0.1) is 0 Å². The first-order chi connectivity index (χ1) is 17.0. The maximum atomic E-state index is 13.6. The molecule has 3 aromatic rings. The number of hydrogen-bond donors (Lipinski definition) is 3. The Balaban J connectivity index is 1.53. The van der Waals surface area contributed by atoms with Gasteiger partial charge in [-0.3, -0.25) is 14.4 Å². The summed E-state index contributed by atoms with van der Waals surface area (Å²) in [7, 11) is 0. The van der Waals surface area contributed by atoms with Crippen molar-refractivity contribution in [2.45, 2.75) is 44.6 Å². The van der Waals surface area contributed by atoms with Gasteiger partial charge in [-0.15, -0.1) is 0 Å². The molecule has 7 nitrogen and oxygen atoms in total. The number of hydroxylamine groups is 1. The summed E-state index contributed by atoms with van der Waals surface area (Å²) in [4.78, 5) is 33.0. The van der Waals surface area contributed by atoms with Gasteiger partial charge in [-0.05, 0) is 34.7 Å². The Bertz CT molecular complexity index is 1150. The van der Waals surface area contributed by atoms with Crippen molar-refractivity contribution in [3.05, 3.63) is 95.6 Å². The molecule has 1 aliphatic heterocycles. The van der Waals surface area contributed by atoms with E-state index < -0.39 is 30.1 Å². The normalized spacial score (nSPS) is 19.5. The predicted molar refractivity (Wildman–Crippen MR) is 132 cm³/mol. The van der Waals surface area contributed by atoms with Gasteiger partial charge in [0.15, 0.2) is 0 Å². The topological polar surface area (TPSA) is 99.1 Å². The smallest absolute Gasteiger partial charge is 0.269 e. The molecule has 0 bridgehead atoms. The Kier molecular flexibility index (Phi) is 7.92. The van der Waals surface area contributed by atoms with Crippen LogP contribution in [0.15, 0.2) is 78.9 Å². The first kappa shape index (κ1) is 24.6. The fourth-order valence-electron chi connectivity index (χ4n) is 4.36. The quantitative estimate of drug-likeness (QED) is 0.436. The lowest BCUT2D eigenvalue weighted by atomic mass is 9.97. The van der Waals surface area contributed by atoms with E-state index in [1.54, 1.807) is 12.1 Å². The van der Waals surface area contributed by atoms with Crippen LogP contribution in [0.1, 0.15) is 34.8 Å². The van der Waals surface area contributed by atoms with Crippen LogP contribution < -0.4 is 5.48 Å². The third-order valence-corrected chi connectivity index (χ3v) is 6.18. The average molecular weight is 475 g/mol. The highest BCUT2D eigenvalue weighted by Crippen LogP contribution is 2.28. The van der Waals surface area contributed by atoms with E-state index in [4.69, 9.17) is 4.84 Å². The van der Waals surface area contributed by atoms with Crippen LogP contribution in [-0.2, 0) is 22.7 Å². The van der Waals surface area contributed by atoms with Crippen molar-refractivity contribution >= 4 is 11.8 Å². The van der Waals surface area contributed by atoms with Crippen molar-refractivity contribution in [3.8, 4) is 11.1 Å². The summed E-state index contributed by atoms with van der Waals surface area (Å²) in [5.41, 5.74) is 6.38. The zero-order valence-electron chi connectivity index (χ0n) is 19.6. The van der Waals surface area contributed by atoms with Gasteiger partial charge in [0.1, 0.15) is 18.2 Å². The Morgan fingerprint density at radius 3 is 2.34 bits per heavy atom. The molecule has 0 unspecified atom stereocenters. The number of rotatable bonds is 8. The number of benzene rings is 3. The monoisotopic (exact) mass is 474 g/mol. The number of nitrogens with one attached hydrogen (secondary N) is 1. The number of carbonyl (C=O) groups is 2. The number of β-amino-alcohol motifs (C(OH)–C–C–N with tert-alkyl or cyclic N) is 1. The Labute approximate surface area is 204 Å². The third kappa shape index (κ3) is 5.59. The molecule has 0 aliphatic carbocycles. The van der Waals surface area contributed by atoms with E-state index in [1.165, 1.54) is 10.5 Å². The van der Waals surface area contributed by atoms with Crippen molar-refractivity contribution in [2.75, 3.05) is 6.54 Å². The van der Waals surface area contributed by atoms with Crippen LogP contribution in [0.4, 0.5) is 0 Å². The zero-order valence-corrected chi connectivity index (χ0v) is 19.6. The minimum Gasteiger partial charge on any atom is -0.388 e. The van der Waals surface area contributed by atoms with Gasteiger partial charge in [-0.25, -0.2) is 5.48 Å². The Morgan fingerprint density at radius 2 is 1.63 bits per heavy atom. The fourth-order valence-corrected chi connectivity index (χ4v) is 4.36. The number of likely N-dealkylation sites (tertiary alicyclic amines) is 1. The lowest BCUT2D eigenvalue weighted by Gasteiger charge is -2.25. The largest absolute Gasteiger partial charge is 0.388 e. The van der Waals surface area contributed by atoms with Gasteiger partial charge < -0.3 is 15.1 Å². The molecule has 1 saturated heterocycles. The van der Waals surface area contributed by atoms with Crippen LogP contribution in [0.3, 0.4) is 0 Å². The number of carbonyl (C=O) groups excluding carboxylic acids is 2. The van der Waals surface area contributed by atoms with E-state index in [-0.39, 0.29) is 13.2 Å². The molecule has 3 N–H and O–H groups in total. The molecule has 0 radical (unpaired) electrons. The molecule has 1 aliphatic rings. The molecule has 0 aromatic heterocycles. The summed E-state index contributed by atoms with van der Waals surface area (Å²) in [6.45, 7) is 2.09. The number of amides is 2. The van der Waals surface area contributed by atoms with Crippen molar-refractivity contribution < 1.29 is 24.6 Å². The maximum absolute atomic E-state index is 13.6. The van der Waals surface area contributed by atoms with Crippen molar-refractivity contribution in [1.82, 2.24) is 10.4 Å². The zero-order chi connectivity index (χ0) is 24.8. The summed E-state index contributed by atoms with van der Waals surface area (Å²) in [6, 6.07) is 23.2. The average Bonchev–Trinajstić information content (AvgIpc) is 3.19. The molecule has 7 heteroatoms. The predicted octanol–water partition coefficient (Wildman–Crippen LogP) is 3.10. The van der Waals surface area contributed by atoms with Crippen LogP contribution in [0.5, 0.6) is 0 Å². The molecule has 2 amide bonds. The lowest BCUT2D eigenvalue weighted by molar-refractivity contribution is -0.141. The first-order valence-electron chi connectivity index (χ1n) is 11.8. The summed E-state index contributed by atoms with van der Waals surface area (Å²) in [6.07, 6.45) is -0.649. The molecular formula is C28H30N2O5. The Morgan fingerprint density at radius 1 is 0.943 bits per heavy atom. The van der Waals surface area contributed by atoms with Gasteiger partial charge in [0.25, 0.3) is 11.8 Å². The summed E-state index contributed by atoms with van der Waals surface area (Å²) in [5, 5.41) is 20.8. The van der Waals surface area contributed by atoms with Crippen molar-refractivity contribution in [3.63, 3.8) is 0 Å². The fraction of sp³-hybridized carbons (Fsp3) is 0.286. The van der Waals surface area contributed by atoms with Gasteiger partial charge in [0.2, 0.25) is 0 Å². The van der Waals surface area contributed by atoms with E-state index in [0.29, 0.717) is 5.56 Å². The molecule has 1 heterocycles. The highest BCUT2D eigenvalue weighted by Gasteiger charge is 2.47. The molecule has 182 valence electrons. The minimum absolute atomic E-state index is 0.128. The third-order valence-electron chi connectivity index (χ3n) is 6.18. The van der Waals surface area contributed by atoms with Crippen LogP contribution >= 0.6 is 0 Å². The first-order valence-corrected chi connectivity index (χ1v) is 11.8. The molecule has 0 spiro atoms. The number of aliphatic hydroxyl groups excluding tert-OH is 2. The van der Waals surface area contributed by atoms with Crippen LogP contribution in [0.25, 0.3) is 11.1 Å². The summed E-state index contributed by atoms with van der Waals surface area (Å²) in [5.74, 6) is -1.14. The molecule has 4 rings (SSSR count). The summed E-state index contributed by atoms with van der Waals surface area (Å²) < 4.78 is 0. The van der Waals surface area contributed by atoms with Crippen LogP contribution in [0.2, 0.25) is 0 Å². The van der Waals surface area contributed by atoms with E-state index in [9.17, 15) is 19.8 Å². The minimum atomic E-state index is -1.43. The molecule has 3 atom stereocenters. The van der Waals surface area contributed by atoms with Crippen molar-refractivity contribution in [2.24, 2.45) is 0 Å². The van der Waals surface area contributed by atoms with E-state index in [0.717, 1.165) is 29.5 Å². The van der Waals surface area contributed by atoms with Crippen LogP contribution in [-0.4, -0.2) is 51.7 Å². The van der Waals surface area contributed by atoms with Crippen molar-refractivity contribution in [1.29, 1.82) is 0 Å². The Hall–Kier alpha value is -3.52. The molecule has 1 fully saturated rings. The summed E-state index contributed by atoms with van der Waals surface area (Å²) >= 11 is 0. The second-order valence-electron chi connectivity index (χ2n) is 8.69. The molecular weight excluding hydrogens is 444 g/mol. The highest BCUT2D eigenvalue weighted by atomic mass is 16.7. The van der Waals surface area contributed by atoms with Gasteiger partial charge in [-0.2, -0.15) is 0 Å². The second kappa shape index (κ2) is 11.3. The molecule has 0 saturated carbocycles. The highest BCUT2D eigenvalue weighted by molar-refractivity contribution is 6.03. The SMILES string of the molecule is CCCc1ccc(-c2ccccc2C(=O)N2C[C@H](O)[C@H](O)[C@H]2C(=O)NOCc2ccccc2)cc1. The standard InChI is InChI=1S/C28H30N2O5/c1-2-8-19-13-15-21(16-14-19)22-11-6-7-12-23(22)28(34)30-17-24(31)26(32)25(30)27(33)29-35-18-20-9-4-3-5-10-20/h3-7,9-16,24-26,31-32H,2,8,17-18H2,1H3,(H,29,33)/t24-,25-,26-/m0/s1. The maximum Gasteiger partial charge on any atom is 0.269 e. The lowest BCUT2D eigenvalue weighted by Crippen LogP contribution is -2.50. The molecule has 3 aromatic carbocycles. The van der Waals surface area contributed by atoms with Gasteiger partial charge in [0, 0.05) is 5.56 Å². The van der Waals surface area contributed by atoms with E-state index in [2.05, 4.69) is 12.4 Å². The number of nitrogens with zero attached hydrogens (tertiary/aromatic N) is 1. The number of aliphatic hydroxyl groups is 2. The van der Waals surface area contributed by atoms with Gasteiger partial charge >= 0.3 is 0 Å². The number of hydrogen-bond acceptors (Lipinski definition) is 5. The van der Waals surface area contributed by atoms with Gasteiger partial charge in [-0.1, -0.05) is 86.1 Å². The van der Waals surface area contributed by atoms with E-state index >= 15 is 0 Å². The van der Waals surface area contributed by atoms with Gasteiger partial charge in [0.05, 0.1) is 13.2 Å². The van der Waals surface area contributed by atoms with E-state index in [1.807, 2.05) is 66.7 Å². The molecule has 35 heavy (non-hydrogen) atoms. The number of aryl methyl sites for hydroxylation is 1. The second-order valence-corrected chi connectivity index (χ2v) is 8.69.